The van der Waals surface area contributed by atoms with E-state index in [1.807, 2.05) is 0 Å². The van der Waals surface area contributed by atoms with Crippen molar-refractivity contribution < 1.29 is 43.9 Å². The number of carbonyl (C=O) groups excluding carboxylic acids is 2. The van der Waals surface area contributed by atoms with Crippen molar-refractivity contribution in [1.29, 1.82) is 0 Å². The van der Waals surface area contributed by atoms with Crippen LogP contribution in [0.2, 0.25) is 0 Å². The van der Waals surface area contributed by atoms with Gasteiger partial charge in [-0.3, -0.25) is 9.11 Å². The Morgan fingerprint density at radius 2 is 1.42 bits per heavy atom. The molecule has 2 N–H and O–H groups in total. The first-order valence-electron chi connectivity index (χ1n) is 6.68. The highest BCUT2D eigenvalue weighted by molar-refractivity contribution is 7.81. The quantitative estimate of drug-likeness (QED) is 0.471. The Kier molecular flexibility index (Phi) is 6.80. The molecular weight excluding hydrogens is 392 g/mol. The van der Waals surface area contributed by atoms with Crippen LogP contribution in [0.25, 0.3) is 0 Å². The van der Waals surface area contributed by atoms with Crippen LogP contribution in [-0.4, -0.2) is 37.9 Å². The second-order valence-corrected chi connectivity index (χ2v) is 6.75. The van der Waals surface area contributed by atoms with Gasteiger partial charge in [0.25, 0.3) is 0 Å². The van der Waals surface area contributed by atoms with Crippen LogP contribution in [0, 0.1) is 0 Å². The molecule has 10 nitrogen and oxygen atoms in total. The van der Waals surface area contributed by atoms with Gasteiger partial charge in [0.2, 0.25) is 0 Å². The minimum absolute atomic E-state index is 0.0493. The normalized spacial score (nSPS) is 11.5. The summed E-state index contributed by atoms with van der Waals surface area (Å²) in [7, 11) is -10.3. The summed E-state index contributed by atoms with van der Waals surface area (Å²) in [5.41, 5.74) is -0.889. The van der Waals surface area contributed by atoms with Crippen molar-refractivity contribution in [3.8, 4) is 0 Å². The largest absolute Gasteiger partial charge is 0.449 e. The summed E-state index contributed by atoms with van der Waals surface area (Å²) in [4.78, 5) is 24.1. The average Bonchev–Trinajstić information content (AvgIpc) is 2.44. The summed E-state index contributed by atoms with van der Waals surface area (Å²) in [6.45, 7) is 6.89. The van der Waals surface area contributed by atoms with Crippen molar-refractivity contribution >= 4 is 32.7 Å². The van der Waals surface area contributed by atoms with Crippen molar-refractivity contribution in [2.24, 2.45) is 0 Å². The van der Waals surface area contributed by atoms with E-state index in [1.54, 1.807) is 0 Å². The van der Waals surface area contributed by atoms with Crippen molar-refractivity contribution in [1.82, 2.24) is 0 Å². The van der Waals surface area contributed by atoms with Gasteiger partial charge in [0, 0.05) is 0 Å². The van der Waals surface area contributed by atoms with Crippen molar-refractivity contribution in [2.45, 2.75) is 12.8 Å². The Bertz CT molecular complexity index is 958. The summed E-state index contributed by atoms with van der Waals surface area (Å²) in [6.07, 6.45) is 2.46. The van der Waals surface area contributed by atoms with E-state index in [1.165, 1.54) is 18.2 Å². The number of allylic oxidation sites excluding steroid dienone is 2. The van der Waals surface area contributed by atoms with Gasteiger partial charge in [-0.15, -0.1) is 13.2 Å². The average molecular weight is 406 g/mol. The summed E-state index contributed by atoms with van der Waals surface area (Å²) < 4.78 is 68.3. The molecule has 0 aliphatic carbocycles. The number of benzene rings is 1. The zero-order valence-electron chi connectivity index (χ0n) is 13.1. The first-order valence-corrected chi connectivity index (χ1v) is 9.41. The molecule has 0 heterocycles. The van der Waals surface area contributed by atoms with Crippen LogP contribution in [-0.2, 0) is 42.0 Å². The van der Waals surface area contributed by atoms with Crippen LogP contribution in [0.5, 0.6) is 0 Å². The molecule has 26 heavy (non-hydrogen) atoms. The third-order valence-electron chi connectivity index (χ3n) is 2.90. The molecule has 1 rings (SSSR count). The van der Waals surface area contributed by atoms with Gasteiger partial charge in [0.1, 0.15) is 0 Å². The summed E-state index contributed by atoms with van der Waals surface area (Å²) in [5, 5.41) is 0. The number of hydrogen-bond acceptors (Lipinski definition) is 8. The van der Waals surface area contributed by atoms with Gasteiger partial charge in [-0.2, -0.15) is 16.8 Å². The van der Waals surface area contributed by atoms with Gasteiger partial charge in [-0.05, 0) is 30.0 Å². The zero-order chi connectivity index (χ0) is 20.1. The van der Waals surface area contributed by atoms with E-state index < -0.39 is 43.9 Å². The second kappa shape index (κ2) is 8.23. The molecule has 1 aromatic carbocycles. The lowest BCUT2D eigenvalue weighted by Gasteiger charge is -2.15. The molecule has 0 amide bonds. The lowest BCUT2D eigenvalue weighted by molar-refractivity contribution is 0.0723. The van der Waals surface area contributed by atoms with Crippen molar-refractivity contribution in [3.63, 3.8) is 0 Å². The van der Waals surface area contributed by atoms with E-state index in [4.69, 9.17) is 9.11 Å². The lowest BCUT2D eigenvalue weighted by Crippen LogP contribution is -2.20. The van der Waals surface area contributed by atoms with Gasteiger partial charge < -0.3 is 8.37 Å². The molecule has 0 radical (unpaired) electrons. The van der Waals surface area contributed by atoms with Crippen LogP contribution >= 0.6 is 0 Å². The lowest BCUT2D eigenvalue weighted by atomic mass is 9.92. The molecule has 0 unspecified atom stereocenters. The fraction of sp³-hybridized carbons (Fsp3) is 0.143. The number of rotatable bonds is 8. The van der Waals surface area contributed by atoms with Crippen molar-refractivity contribution in [2.75, 3.05) is 0 Å². The van der Waals surface area contributed by atoms with Gasteiger partial charge >= 0.3 is 32.7 Å². The molecule has 0 spiro atoms. The predicted molar refractivity (Wildman–Crippen MR) is 88.2 cm³/mol. The molecular formula is C14H14O10S2. The Hall–Kier alpha value is -2.54. The van der Waals surface area contributed by atoms with E-state index >= 15 is 0 Å². The fourth-order valence-electron chi connectivity index (χ4n) is 2.10. The van der Waals surface area contributed by atoms with Crippen LogP contribution in [0.4, 0.5) is 0 Å². The molecule has 0 fully saturated rings. The Labute approximate surface area is 149 Å². The Morgan fingerprint density at radius 3 is 1.88 bits per heavy atom. The van der Waals surface area contributed by atoms with E-state index in [0.717, 1.165) is 6.07 Å². The maximum atomic E-state index is 12.2. The minimum Gasteiger partial charge on any atom is -0.320 e. The molecule has 0 aliphatic heterocycles. The molecule has 142 valence electrons. The smallest absolute Gasteiger partial charge is 0.320 e. The second-order valence-electron chi connectivity index (χ2n) is 4.71. The molecule has 0 aromatic heterocycles. The van der Waals surface area contributed by atoms with Gasteiger partial charge in [-0.25, -0.2) is 9.59 Å². The highest BCUT2D eigenvalue weighted by Gasteiger charge is 2.27. The van der Waals surface area contributed by atoms with E-state index in [-0.39, 0.29) is 24.0 Å². The molecule has 0 saturated carbocycles. The summed E-state index contributed by atoms with van der Waals surface area (Å²) in [5.74, 6) is -3.03. The van der Waals surface area contributed by atoms with Crippen LogP contribution in [0.3, 0.4) is 0 Å². The van der Waals surface area contributed by atoms with Crippen LogP contribution in [0.1, 0.15) is 31.8 Å². The molecule has 0 aliphatic rings. The first-order chi connectivity index (χ1) is 11.9. The highest BCUT2D eigenvalue weighted by Crippen LogP contribution is 2.24. The molecule has 1 aromatic rings. The van der Waals surface area contributed by atoms with E-state index in [0.29, 0.717) is 0 Å². The fourth-order valence-corrected chi connectivity index (χ4v) is 2.66. The monoisotopic (exact) mass is 406 g/mol. The Morgan fingerprint density at radius 1 is 0.923 bits per heavy atom. The summed E-state index contributed by atoms with van der Waals surface area (Å²) in [6, 6.07) is 2.31. The first kappa shape index (κ1) is 21.5. The van der Waals surface area contributed by atoms with Crippen LogP contribution in [0.15, 0.2) is 37.4 Å². The standard InChI is InChI=1S/C14H14O10S2/c1-3-5-9-7-8-11(13(15)23-25(17,18)19)10(6-4-2)12(9)14(16)24-26(20,21)22/h3-4,7-8H,1-2,5-6H2,(H,17,18,19)(H,20,21,22). The zero-order valence-corrected chi connectivity index (χ0v) is 14.7. The third kappa shape index (κ3) is 6.07. The number of carbonyl (C=O) groups is 2. The number of hydrogen-bond donors (Lipinski definition) is 2. The van der Waals surface area contributed by atoms with E-state index in [9.17, 15) is 26.4 Å². The maximum absolute atomic E-state index is 12.2. The van der Waals surface area contributed by atoms with Gasteiger partial charge in [-0.1, -0.05) is 18.2 Å². The highest BCUT2D eigenvalue weighted by atomic mass is 32.3. The van der Waals surface area contributed by atoms with E-state index in [2.05, 4.69) is 21.5 Å². The summed E-state index contributed by atoms with van der Waals surface area (Å²) >= 11 is 0. The minimum atomic E-state index is -5.15. The molecule has 0 bridgehead atoms. The van der Waals surface area contributed by atoms with Crippen molar-refractivity contribution in [3.05, 3.63) is 59.7 Å². The predicted octanol–water partition coefficient (Wildman–Crippen LogP) is 1.06. The molecule has 0 saturated heterocycles. The van der Waals surface area contributed by atoms with Gasteiger partial charge in [0.15, 0.2) is 0 Å². The Balaban J connectivity index is 3.67. The maximum Gasteiger partial charge on any atom is 0.449 e. The molecule has 0 atom stereocenters. The SMILES string of the molecule is C=CCc1ccc(C(=O)OS(=O)(=O)O)c(CC=C)c1C(=O)OS(=O)(=O)O. The van der Waals surface area contributed by atoms with Crippen LogP contribution < -0.4 is 0 Å². The topological polar surface area (TPSA) is 161 Å². The van der Waals surface area contributed by atoms with Gasteiger partial charge in [0.05, 0.1) is 11.1 Å². The molecule has 12 heteroatoms. The third-order valence-corrected chi connectivity index (χ3v) is 3.62.